The minimum atomic E-state index is 0. The van der Waals surface area contributed by atoms with Crippen molar-refractivity contribution in [2.24, 2.45) is 0 Å². The highest BCUT2D eigenvalue weighted by molar-refractivity contribution is 7.13. The van der Waals surface area contributed by atoms with Crippen LogP contribution in [0, 0.1) is 6.92 Å². The Kier molecular flexibility index (Phi) is 4.70. The number of nitrogens with one attached hydrogen (secondary N) is 1. The number of rotatable bonds is 1. The van der Waals surface area contributed by atoms with Crippen LogP contribution in [0.1, 0.15) is 21.6 Å². The first-order chi connectivity index (χ1) is 7.18. The fourth-order valence-corrected chi connectivity index (χ4v) is 2.48. The van der Waals surface area contributed by atoms with Gasteiger partial charge in [0, 0.05) is 25.7 Å². The van der Waals surface area contributed by atoms with Crippen LogP contribution in [0.3, 0.4) is 0 Å². The molecule has 1 amide bonds. The molecule has 0 spiro atoms. The highest BCUT2D eigenvalue weighted by Gasteiger charge is 2.24. The third-order valence-corrected chi connectivity index (χ3v) is 3.49. The Morgan fingerprint density at radius 3 is 3.00 bits per heavy atom. The van der Waals surface area contributed by atoms with Gasteiger partial charge in [0.15, 0.2) is 0 Å². The number of hydrogen-bond acceptors (Lipinski definition) is 4. The van der Waals surface area contributed by atoms with Gasteiger partial charge in [-0.05, 0) is 13.8 Å². The van der Waals surface area contributed by atoms with Crippen LogP contribution in [-0.2, 0) is 0 Å². The Hall–Kier alpha value is -0.650. The van der Waals surface area contributed by atoms with Crippen LogP contribution in [0.5, 0.6) is 0 Å². The Labute approximate surface area is 105 Å². The lowest BCUT2D eigenvalue weighted by molar-refractivity contribution is 0.0660. The van der Waals surface area contributed by atoms with Crippen molar-refractivity contribution in [3.05, 3.63) is 16.1 Å². The van der Waals surface area contributed by atoms with Crippen LogP contribution in [0.4, 0.5) is 0 Å². The molecule has 1 atom stereocenters. The maximum atomic E-state index is 12.1. The molecule has 0 aromatic carbocycles. The summed E-state index contributed by atoms with van der Waals surface area (Å²) in [5.41, 5.74) is 0. The van der Waals surface area contributed by atoms with E-state index < -0.39 is 0 Å². The van der Waals surface area contributed by atoms with Crippen LogP contribution in [-0.4, -0.2) is 41.5 Å². The van der Waals surface area contributed by atoms with E-state index in [0.717, 1.165) is 29.5 Å². The Morgan fingerprint density at radius 2 is 2.44 bits per heavy atom. The molecule has 1 N–H and O–H groups in total. The molecule has 4 nitrogen and oxygen atoms in total. The van der Waals surface area contributed by atoms with Crippen molar-refractivity contribution in [2.45, 2.75) is 19.9 Å². The molecule has 16 heavy (non-hydrogen) atoms. The first kappa shape index (κ1) is 13.4. The topological polar surface area (TPSA) is 45.2 Å². The number of carbonyl (C=O) groups is 1. The van der Waals surface area contributed by atoms with Crippen LogP contribution < -0.4 is 5.32 Å². The molecule has 1 fully saturated rings. The zero-order chi connectivity index (χ0) is 10.8. The number of nitrogens with zero attached hydrogens (tertiary/aromatic N) is 2. The van der Waals surface area contributed by atoms with Crippen molar-refractivity contribution in [3.63, 3.8) is 0 Å². The summed E-state index contributed by atoms with van der Waals surface area (Å²) in [6.45, 7) is 6.54. The van der Waals surface area contributed by atoms with Gasteiger partial charge >= 0.3 is 0 Å². The number of amides is 1. The molecular formula is C10H16ClN3OS. The van der Waals surface area contributed by atoms with E-state index in [1.807, 2.05) is 11.8 Å². The number of hydrogen-bond donors (Lipinski definition) is 1. The van der Waals surface area contributed by atoms with Gasteiger partial charge in [0.05, 0.1) is 11.2 Å². The monoisotopic (exact) mass is 261 g/mol. The van der Waals surface area contributed by atoms with Gasteiger partial charge in [-0.2, -0.15) is 0 Å². The maximum absolute atomic E-state index is 12.1. The molecule has 0 unspecified atom stereocenters. The molecule has 1 aliphatic rings. The van der Waals surface area contributed by atoms with Gasteiger partial charge in [-0.3, -0.25) is 4.79 Å². The van der Waals surface area contributed by atoms with Crippen molar-refractivity contribution in [1.29, 1.82) is 0 Å². The summed E-state index contributed by atoms with van der Waals surface area (Å²) in [7, 11) is 0. The predicted molar refractivity (Wildman–Crippen MR) is 67.5 cm³/mol. The maximum Gasteiger partial charge on any atom is 0.265 e. The smallest absolute Gasteiger partial charge is 0.265 e. The van der Waals surface area contributed by atoms with Gasteiger partial charge in [-0.15, -0.1) is 23.7 Å². The molecule has 1 aromatic heterocycles. The molecule has 1 aromatic rings. The molecule has 0 bridgehead atoms. The minimum absolute atomic E-state index is 0. The molecule has 1 saturated heterocycles. The van der Waals surface area contributed by atoms with Crippen molar-refractivity contribution in [2.75, 3.05) is 19.6 Å². The zero-order valence-corrected chi connectivity index (χ0v) is 11.0. The molecule has 2 heterocycles. The second-order valence-corrected chi connectivity index (χ2v) is 5.03. The van der Waals surface area contributed by atoms with Gasteiger partial charge in [-0.25, -0.2) is 4.98 Å². The highest BCUT2D eigenvalue weighted by Crippen LogP contribution is 2.16. The number of aryl methyl sites for hydroxylation is 1. The van der Waals surface area contributed by atoms with E-state index in [1.54, 1.807) is 6.20 Å². The molecule has 0 radical (unpaired) electrons. The third-order valence-electron chi connectivity index (χ3n) is 2.59. The summed E-state index contributed by atoms with van der Waals surface area (Å²) in [6.07, 6.45) is 1.68. The summed E-state index contributed by atoms with van der Waals surface area (Å²) < 4.78 is 0. The third kappa shape index (κ3) is 2.72. The van der Waals surface area contributed by atoms with E-state index >= 15 is 0 Å². The van der Waals surface area contributed by atoms with E-state index in [9.17, 15) is 4.79 Å². The van der Waals surface area contributed by atoms with Crippen LogP contribution >= 0.6 is 23.7 Å². The van der Waals surface area contributed by atoms with E-state index in [-0.39, 0.29) is 24.4 Å². The molecule has 0 aliphatic carbocycles. The van der Waals surface area contributed by atoms with Gasteiger partial charge in [-0.1, -0.05) is 0 Å². The quantitative estimate of drug-likeness (QED) is 0.829. The van der Waals surface area contributed by atoms with E-state index in [0.29, 0.717) is 0 Å². The summed E-state index contributed by atoms with van der Waals surface area (Å²) in [4.78, 5) is 18.9. The molecule has 6 heteroatoms. The molecular weight excluding hydrogens is 246 g/mol. The largest absolute Gasteiger partial charge is 0.333 e. The second-order valence-electron chi connectivity index (χ2n) is 3.80. The second kappa shape index (κ2) is 5.61. The van der Waals surface area contributed by atoms with Gasteiger partial charge in [0.1, 0.15) is 4.88 Å². The van der Waals surface area contributed by atoms with Crippen molar-refractivity contribution in [3.8, 4) is 0 Å². The van der Waals surface area contributed by atoms with E-state index in [4.69, 9.17) is 0 Å². The minimum Gasteiger partial charge on any atom is -0.333 e. The van der Waals surface area contributed by atoms with Crippen molar-refractivity contribution < 1.29 is 4.79 Å². The fraction of sp³-hybridized carbons (Fsp3) is 0.600. The number of carbonyl (C=O) groups excluding carboxylic acids is 1. The summed E-state index contributed by atoms with van der Waals surface area (Å²) in [6, 6.07) is 0.272. The van der Waals surface area contributed by atoms with E-state index in [2.05, 4.69) is 17.2 Å². The molecule has 0 saturated carbocycles. The van der Waals surface area contributed by atoms with Crippen LogP contribution in [0.15, 0.2) is 6.20 Å². The highest BCUT2D eigenvalue weighted by atomic mass is 35.5. The Balaban J connectivity index is 0.00000128. The van der Waals surface area contributed by atoms with E-state index in [1.165, 1.54) is 11.3 Å². The lowest BCUT2D eigenvalue weighted by atomic mass is 10.2. The molecule has 2 rings (SSSR count). The summed E-state index contributed by atoms with van der Waals surface area (Å²) in [5.74, 6) is 0.120. The van der Waals surface area contributed by atoms with Crippen molar-refractivity contribution >= 4 is 29.7 Å². The van der Waals surface area contributed by atoms with Crippen LogP contribution in [0.2, 0.25) is 0 Å². The number of thiazole rings is 1. The average Bonchev–Trinajstić information content (AvgIpc) is 2.65. The SMILES string of the molecule is Cc1ncc(C(=O)N2CCNC[C@@H]2C)s1.Cl. The first-order valence-corrected chi connectivity index (χ1v) is 5.94. The number of halogens is 1. The molecule has 90 valence electrons. The standard InChI is InChI=1S/C10H15N3OS.ClH/c1-7-5-11-3-4-13(7)10(14)9-6-12-8(2)15-9;/h6-7,11H,3-5H2,1-2H3;1H/t7-;/m0./s1. The number of aromatic nitrogens is 1. The number of piperazine rings is 1. The fourth-order valence-electron chi connectivity index (χ4n) is 1.74. The van der Waals surface area contributed by atoms with Gasteiger partial charge in [0.25, 0.3) is 5.91 Å². The molecule has 1 aliphatic heterocycles. The normalized spacial score (nSPS) is 20.4. The van der Waals surface area contributed by atoms with Crippen LogP contribution in [0.25, 0.3) is 0 Å². The first-order valence-electron chi connectivity index (χ1n) is 5.12. The lowest BCUT2D eigenvalue weighted by Gasteiger charge is -2.33. The zero-order valence-electron chi connectivity index (χ0n) is 9.40. The lowest BCUT2D eigenvalue weighted by Crippen LogP contribution is -2.52. The Morgan fingerprint density at radius 1 is 1.69 bits per heavy atom. The average molecular weight is 262 g/mol. The Bertz CT molecular complexity index is 369. The van der Waals surface area contributed by atoms with Gasteiger partial charge in [0.2, 0.25) is 0 Å². The summed E-state index contributed by atoms with van der Waals surface area (Å²) >= 11 is 1.47. The van der Waals surface area contributed by atoms with Gasteiger partial charge < -0.3 is 10.2 Å². The predicted octanol–water partition coefficient (Wildman–Crippen LogP) is 1.31. The van der Waals surface area contributed by atoms with Crippen molar-refractivity contribution in [1.82, 2.24) is 15.2 Å². The summed E-state index contributed by atoms with van der Waals surface area (Å²) in [5, 5.41) is 4.22.